The van der Waals surface area contributed by atoms with Crippen LogP contribution in [0.25, 0.3) is 0 Å². The van der Waals surface area contributed by atoms with Crippen molar-refractivity contribution in [1.82, 2.24) is 5.32 Å². The molecule has 1 amide bonds. The second-order valence-corrected chi connectivity index (χ2v) is 2.16. The van der Waals surface area contributed by atoms with Crippen LogP contribution in [0, 0.1) is 0 Å². The van der Waals surface area contributed by atoms with E-state index in [1.807, 2.05) is 0 Å². The number of hydrogen-bond donors (Lipinski definition) is 1. The van der Waals surface area contributed by atoms with Crippen molar-refractivity contribution in [2.45, 2.75) is 25.7 Å². The van der Waals surface area contributed by atoms with Crippen molar-refractivity contribution in [1.29, 1.82) is 0 Å². The highest BCUT2D eigenvalue weighted by Crippen LogP contribution is 2.02. The number of carbonyl (C=O) groups excluding carboxylic acids is 1. The predicted octanol–water partition coefficient (Wildman–Crippen LogP) is 0.789. The van der Waals surface area contributed by atoms with Crippen LogP contribution in [0.1, 0.15) is 25.7 Å². The lowest BCUT2D eigenvalue weighted by Crippen LogP contribution is -2.21. The fraction of sp³-hybridized carbons (Fsp3) is 0.833. The molecule has 0 saturated carbocycles. The fourth-order valence-electron chi connectivity index (χ4n) is 0.904. The van der Waals surface area contributed by atoms with E-state index in [2.05, 4.69) is 5.32 Å². The number of rotatable bonds is 0. The third-order valence-corrected chi connectivity index (χ3v) is 1.40. The van der Waals surface area contributed by atoms with Crippen LogP contribution in [0.5, 0.6) is 0 Å². The molecule has 1 fully saturated rings. The molecule has 0 bridgehead atoms. The first-order valence-corrected chi connectivity index (χ1v) is 3.16. The van der Waals surface area contributed by atoms with Crippen molar-refractivity contribution in [3.8, 4) is 0 Å². The molecule has 0 aromatic heterocycles. The Morgan fingerprint density at radius 2 is 2.00 bits per heavy atom. The van der Waals surface area contributed by atoms with Crippen molar-refractivity contribution >= 4 is 19.4 Å². The molecule has 1 rings (SSSR count). The van der Waals surface area contributed by atoms with Gasteiger partial charge in [0.1, 0.15) is 0 Å². The van der Waals surface area contributed by atoms with E-state index in [1.54, 1.807) is 0 Å². The molecule has 0 atom stereocenters. The average Bonchev–Trinajstić information content (AvgIpc) is 1.94. The lowest BCUT2D eigenvalue weighted by Gasteiger charge is -1.93. The van der Waals surface area contributed by atoms with Gasteiger partial charge in [-0.25, -0.2) is 0 Å². The van der Waals surface area contributed by atoms with E-state index in [4.69, 9.17) is 0 Å². The summed E-state index contributed by atoms with van der Waals surface area (Å²) < 4.78 is 0. The number of hydrogen-bond acceptors (Lipinski definition) is 1. The maximum absolute atomic E-state index is 10.6. The van der Waals surface area contributed by atoms with Crippen molar-refractivity contribution in [2.75, 3.05) is 6.54 Å². The molecule has 0 aromatic rings. The number of amides is 1. The summed E-state index contributed by atoms with van der Waals surface area (Å²) in [5, 5.41) is 2.81. The van der Waals surface area contributed by atoms with Crippen molar-refractivity contribution < 1.29 is 4.79 Å². The first kappa shape index (κ1) is 8.82. The third kappa shape index (κ3) is 3.40. The van der Waals surface area contributed by atoms with Crippen LogP contribution in [0.4, 0.5) is 0 Å². The van der Waals surface area contributed by atoms with Gasteiger partial charge in [-0.3, -0.25) is 4.79 Å². The molecular formula is C6H13NOS. The molecule has 0 radical (unpaired) electrons. The van der Waals surface area contributed by atoms with E-state index in [9.17, 15) is 4.79 Å². The van der Waals surface area contributed by atoms with Gasteiger partial charge in [0.2, 0.25) is 5.91 Å². The van der Waals surface area contributed by atoms with E-state index in [0.717, 1.165) is 25.8 Å². The standard InChI is InChI=1S/C6H11NO.H2S/c8-6-4-2-1-3-5-7-6;/h1-5H2,(H,7,8);1H2. The Morgan fingerprint density at radius 3 is 2.78 bits per heavy atom. The summed E-state index contributed by atoms with van der Waals surface area (Å²) in [6.45, 7) is 0.888. The van der Waals surface area contributed by atoms with Gasteiger partial charge in [0, 0.05) is 13.0 Å². The molecule has 1 saturated heterocycles. The van der Waals surface area contributed by atoms with E-state index >= 15 is 0 Å². The van der Waals surface area contributed by atoms with E-state index in [1.165, 1.54) is 6.42 Å². The molecule has 9 heavy (non-hydrogen) atoms. The number of carbonyl (C=O) groups is 1. The van der Waals surface area contributed by atoms with Crippen LogP contribution < -0.4 is 5.32 Å². The lowest BCUT2D eigenvalue weighted by atomic mass is 10.2. The molecule has 1 aliphatic heterocycles. The minimum atomic E-state index is 0. The van der Waals surface area contributed by atoms with Gasteiger partial charge in [0.15, 0.2) is 0 Å². The predicted molar refractivity (Wildman–Crippen MR) is 41.9 cm³/mol. The summed E-state index contributed by atoms with van der Waals surface area (Å²) in [6.07, 6.45) is 4.18. The number of nitrogens with one attached hydrogen (secondary N) is 1. The smallest absolute Gasteiger partial charge is 0.219 e. The Kier molecular flexibility index (Phi) is 4.58. The largest absolute Gasteiger partial charge is 0.356 e. The zero-order valence-corrected chi connectivity index (χ0v) is 6.44. The van der Waals surface area contributed by atoms with Gasteiger partial charge in [0.05, 0.1) is 0 Å². The first-order chi connectivity index (χ1) is 3.89. The molecule has 0 aliphatic carbocycles. The van der Waals surface area contributed by atoms with Crippen LogP contribution in [-0.2, 0) is 4.79 Å². The Bertz CT molecular complexity index is 85.1. The first-order valence-electron chi connectivity index (χ1n) is 3.16. The molecular weight excluding hydrogens is 134 g/mol. The SMILES string of the molecule is O=C1CCCCCN1.S. The van der Waals surface area contributed by atoms with Gasteiger partial charge in [-0.2, -0.15) is 13.5 Å². The van der Waals surface area contributed by atoms with Crippen LogP contribution in [0.2, 0.25) is 0 Å². The normalized spacial score (nSPS) is 19.3. The molecule has 0 unspecified atom stereocenters. The zero-order chi connectivity index (χ0) is 5.82. The second-order valence-electron chi connectivity index (χ2n) is 2.16. The highest BCUT2D eigenvalue weighted by atomic mass is 32.1. The van der Waals surface area contributed by atoms with Crippen molar-refractivity contribution in [2.24, 2.45) is 0 Å². The maximum Gasteiger partial charge on any atom is 0.219 e. The highest BCUT2D eigenvalue weighted by Gasteiger charge is 2.03. The Morgan fingerprint density at radius 1 is 1.22 bits per heavy atom. The highest BCUT2D eigenvalue weighted by molar-refractivity contribution is 7.59. The van der Waals surface area contributed by atoms with Crippen LogP contribution in [0.3, 0.4) is 0 Å². The molecule has 54 valence electrons. The second kappa shape index (κ2) is 4.68. The Labute approximate surface area is 62.5 Å². The maximum atomic E-state index is 10.6. The van der Waals surface area contributed by atoms with E-state index in [0.29, 0.717) is 0 Å². The molecule has 3 heteroatoms. The van der Waals surface area contributed by atoms with Crippen LogP contribution in [0.15, 0.2) is 0 Å². The molecule has 0 aromatic carbocycles. The minimum Gasteiger partial charge on any atom is -0.356 e. The zero-order valence-electron chi connectivity index (χ0n) is 5.44. The fourth-order valence-corrected chi connectivity index (χ4v) is 0.904. The summed E-state index contributed by atoms with van der Waals surface area (Å²) in [7, 11) is 0. The Hall–Kier alpha value is -0.180. The summed E-state index contributed by atoms with van der Waals surface area (Å²) in [6, 6.07) is 0. The molecule has 1 aliphatic rings. The summed E-state index contributed by atoms with van der Waals surface area (Å²) in [5.74, 6) is 0.225. The van der Waals surface area contributed by atoms with Crippen LogP contribution in [-0.4, -0.2) is 12.5 Å². The van der Waals surface area contributed by atoms with Crippen molar-refractivity contribution in [3.63, 3.8) is 0 Å². The molecule has 0 spiro atoms. The monoisotopic (exact) mass is 147 g/mol. The van der Waals surface area contributed by atoms with E-state index < -0.39 is 0 Å². The molecule has 1 N–H and O–H groups in total. The molecule has 1 heterocycles. The topological polar surface area (TPSA) is 29.1 Å². The van der Waals surface area contributed by atoms with E-state index in [-0.39, 0.29) is 19.4 Å². The van der Waals surface area contributed by atoms with Crippen LogP contribution >= 0.6 is 13.5 Å². The van der Waals surface area contributed by atoms with Gasteiger partial charge in [-0.05, 0) is 12.8 Å². The van der Waals surface area contributed by atoms with Gasteiger partial charge in [-0.1, -0.05) is 6.42 Å². The van der Waals surface area contributed by atoms with Crippen molar-refractivity contribution in [3.05, 3.63) is 0 Å². The van der Waals surface area contributed by atoms with Gasteiger partial charge >= 0.3 is 0 Å². The summed E-state index contributed by atoms with van der Waals surface area (Å²) in [4.78, 5) is 10.6. The lowest BCUT2D eigenvalue weighted by molar-refractivity contribution is -0.120. The summed E-state index contributed by atoms with van der Waals surface area (Å²) in [5.41, 5.74) is 0. The minimum absolute atomic E-state index is 0. The van der Waals surface area contributed by atoms with Gasteiger partial charge < -0.3 is 5.32 Å². The van der Waals surface area contributed by atoms with Gasteiger partial charge in [0.25, 0.3) is 0 Å². The third-order valence-electron chi connectivity index (χ3n) is 1.40. The summed E-state index contributed by atoms with van der Waals surface area (Å²) >= 11 is 0. The Balaban J connectivity index is 0.000000640. The van der Waals surface area contributed by atoms with Gasteiger partial charge in [-0.15, -0.1) is 0 Å². The molecule has 2 nitrogen and oxygen atoms in total. The average molecular weight is 147 g/mol. The quantitative estimate of drug-likeness (QED) is 0.539.